The molecule has 2 aromatic carbocycles. The second-order valence-corrected chi connectivity index (χ2v) is 8.09. The van der Waals surface area contributed by atoms with Crippen molar-refractivity contribution >= 4 is 6.03 Å². The Morgan fingerprint density at radius 2 is 1.84 bits per heavy atom. The zero-order valence-electron chi connectivity index (χ0n) is 18.3. The van der Waals surface area contributed by atoms with Crippen molar-refractivity contribution in [1.29, 1.82) is 0 Å². The minimum atomic E-state index is -2.85. The molecule has 0 bridgehead atoms. The number of benzene rings is 2. The number of carbonyl (C=O) groups excluding carboxylic acids is 1. The highest BCUT2D eigenvalue weighted by atomic mass is 19.3. The lowest BCUT2D eigenvalue weighted by Crippen LogP contribution is -2.42. The Bertz CT molecular complexity index is 969. The van der Waals surface area contributed by atoms with Crippen LogP contribution in [0.5, 0.6) is 17.2 Å². The fourth-order valence-corrected chi connectivity index (χ4v) is 4.78. The molecule has 0 saturated carbocycles. The summed E-state index contributed by atoms with van der Waals surface area (Å²) in [5.74, 6) is 1.59. The van der Waals surface area contributed by atoms with Crippen molar-refractivity contribution in [2.45, 2.75) is 50.8 Å². The van der Waals surface area contributed by atoms with Gasteiger partial charge in [0.1, 0.15) is 17.2 Å². The molecular formula is C24H28F2N2O4. The number of fused-ring (bicyclic) bond motifs is 1. The van der Waals surface area contributed by atoms with E-state index in [2.05, 4.69) is 10.1 Å². The van der Waals surface area contributed by atoms with Gasteiger partial charge in [-0.25, -0.2) is 4.79 Å². The number of hydrogen-bond acceptors (Lipinski definition) is 4. The number of halogens is 2. The van der Waals surface area contributed by atoms with Crippen LogP contribution in [-0.4, -0.2) is 38.3 Å². The van der Waals surface area contributed by atoms with Crippen LogP contribution in [0.2, 0.25) is 0 Å². The Labute approximate surface area is 186 Å². The lowest BCUT2D eigenvalue weighted by atomic mass is 9.87. The van der Waals surface area contributed by atoms with Crippen molar-refractivity contribution in [3.63, 3.8) is 0 Å². The summed E-state index contributed by atoms with van der Waals surface area (Å²) in [6.07, 6.45) is 4.17. The summed E-state index contributed by atoms with van der Waals surface area (Å²) in [5.41, 5.74) is 2.82. The van der Waals surface area contributed by atoms with Gasteiger partial charge in [-0.05, 0) is 73.6 Å². The predicted molar refractivity (Wildman–Crippen MR) is 116 cm³/mol. The smallest absolute Gasteiger partial charge is 0.387 e. The van der Waals surface area contributed by atoms with Gasteiger partial charge in [-0.3, -0.25) is 0 Å². The van der Waals surface area contributed by atoms with Crippen molar-refractivity contribution < 1.29 is 27.8 Å². The van der Waals surface area contributed by atoms with E-state index in [4.69, 9.17) is 9.47 Å². The molecule has 2 aromatic rings. The largest absolute Gasteiger partial charge is 0.497 e. The molecule has 1 fully saturated rings. The van der Waals surface area contributed by atoms with Gasteiger partial charge in [0.05, 0.1) is 26.3 Å². The summed E-state index contributed by atoms with van der Waals surface area (Å²) in [5, 5.41) is 3.17. The standard InChI is InChI=1S/C24H28F2N2O4/c1-30-16-9-11-22(31-2)19(14-16)21-7-4-12-28(21)24(29)27-20-6-3-5-15-13-17(32-23(25)26)8-10-18(15)20/h8-11,13-14,20-21,23H,3-7,12H2,1-2H3,(H,27,29). The van der Waals surface area contributed by atoms with Crippen molar-refractivity contribution in [2.75, 3.05) is 20.8 Å². The maximum atomic E-state index is 13.3. The van der Waals surface area contributed by atoms with E-state index in [1.54, 1.807) is 26.4 Å². The third-order valence-electron chi connectivity index (χ3n) is 6.26. The molecule has 1 N–H and O–H groups in total. The molecule has 1 saturated heterocycles. The number of nitrogens with zero attached hydrogens (tertiary/aromatic N) is 1. The minimum Gasteiger partial charge on any atom is -0.497 e. The minimum absolute atomic E-state index is 0.107. The van der Waals surface area contributed by atoms with E-state index in [1.165, 1.54) is 6.07 Å². The Hall–Kier alpha value is -3.03. The van der Waals surface area contributed by atoms with Crippen molar-refractivity contribution in [1.82, 2.24) is 10.2 Å². The quantitative estimate of drug-likeness (QED) is 0.660. The van der Waals surface area contributed by atoms with Crippen molar-refractivity contribution in [3.8, 4) is 17.2 Å². The lowest BCUT2D eigenvalue weighted by molar-refractivity contribution is -0.0499. The highest BCUT2D eigenvalue weighted by Crippen LogP contribution is 2.40. The number of carbonyl (C=O) groups is 1. The van der Waals surface area contributed by atoms with E-state index in [9.17, 15) is 13.6 Å². The van der Waals surface area contributed by atoms with Gasteiger partial charge < -0.3 is 24.4 Å². The van der Waals surface area contributed by atoms with Crippen molar-refractivity contribution in [2.24, 2.45) is 0 Å². The summed E-state index contributed by atoms with van der Waals surface area (Å²) in [4.78, 5) is 15.1. The van der Waals surface area contributed by atoms with Gasteiger partial charge in [0.2, 0.25) is 0 Å². The molecule has 0 spiro atoms. The molecule has 2 unspecified atom stereocenters. The Morgan fingerprint density at radius 3 is 2.59 bits per heavy atom. The molecule has 4 rings (SSSR count). The van der Waals surface area contributed by atoms with Crippen LogP contribution in [-0.2, 0) is 6.42 Å². The SMILES string of the molecule is COc1ccc(OC)c(C2CCCN2C(=O)NC2CCCc3cc(OC(F)F)ccc32)c1. The second-order valence-electron chi connectivity index (χ2n) is 8.09. The van der Waals surface area contributed by atoms with Gasteiger partial charge in [-0.15, -0.1) is 0 Å². The lowest BCUT2D eigenvalue weighted by Gasteiger charge is -2.31. The summed E-state index contributed by atoms with van der Waals surface area (Å²) in [7, 11) is 3.23. The third kappa shape index (κ3) is 4.59. The van der Waals surface area contributed by atoms with Crippen LogP contribution < -0.4 is 19.5 Å². The number of likely N-dealkylation sites (tertiary alicyclic amines) is 1. The molecule has 1 aliphatic heterocycles. The molecule has 2 aliphatic rings. The normalized spacial score (nSPS) is 20.1. The first-order valence-electron chi connectivity index (χ1n) is 10.9. The number of alkyl halides is 2. The number of ether oxygens (including phenoxy) is 3. The molecule has 0 aromatic heterocycles. The monoisotopic (exact) mass is 446 g/mol. The van der Waals surface area contributed by atoms with Gasteiger partial charge in [0.15, 0.2) is 0 Å². The molecule has 0 radical (unpaired) electrons. The summed E-state index contributed by atoms with van der Waals surface area (Å²) < 4.78 is 40.5. The van der Waals surface area contributed by atoms with E-state index < -0.39 is 6.61 Å². The van der Waals surface area contributed by atoms with E-state index >= 15 is 0 Å². The topological polar surface area (TPSA) is 60.0 Å². The summed E-state index contributed by atoms with van der Waals surface area (Å²) in [6.45, 7) is -2.20. The predicted octanol–water partition coefficient (Wildman–Crippen LogP) is 5.23. The van der Waals surface area contributed by atoms with E-state index in [1.807, 2.05) is 23.1 Å². The van der Waals surface area contributed by atoms with Crippen molar-refractivity contribution in [3.05, 3.63) is 53.1 Å². The van der Waals surface area contributed by atoms with Crippen LogP contribution in [0.25, 0.3) is 0 Å². The third-order valence-corrected chi connectivity index (χ3v) is 6.26. The van der Waals surface area contributed by atoms with E-state index in [-0.39, 0.29) is 23.9 Å². The first-order valence-corrected chi connectivity index (χ1v) is 10.9. The Morgan fingerprint density at radius 1 is 1.03 bits per heavy atom. The molecule has 6 nitrogen and oxygen atoms in total. The molecule has 1 aliphatic carbocycles. The number of rotatable bonds is 6. The van der Waals surface area contributed by atoms with Gasteiger partial charge in [0, 0.05) is 12.1 Å². The molecule has 8 heteroatoms. The van der Waals surface area contributed by atoms with Crippen LogP contribution in [0.1, 0.15) is 54.5 Å². The first-order chi connectivity index (χ1) is 15.5. The average Bonchev–Trinajstić information content (AvgIpc) is 3.28. The van der Waals surface area contributed by atoms with Crippen LogP contribution >= 0.6 is 0 Å². The number of methoxy groups -OCH3 is 2. The number of aryl methyl sites for hydroxylation is 1. The van der Waals surface area contributed by atoms with Crippen LogP contribution in [0.3, 0.4) is 0 Å². The number of nitrogens with one attached hydrogen (secondary N) is 1. The number of hydrogen-bond donors (Lipinski definition) is 1. The highest BCUT2D eigenvalue weighted by Gasteiger charge is 2.34. The zero-order valence-corrected chi connectivity index (χ0v) is 18.3. The number of urea groups is 1. The average molecular weight is 446 g/mol. The molecular weight excluding hydrogens is 418 g/mol. The second kappa shape index (κ2) is 9.63. The maximum Gasteiger partial charge on any atom is 0.387 e. The van der Waals surface area contributed by atoms with Crippen LogP contribution in [0.15, 0.2) is 36.4 Å². The molecule has 32 heavy (non-hydrogen) atoms. The van der Waals surface area contributed by atoms with E-state index in [0.29, 0.717) is 6.54 Å². The molecule has 2 atom stereocenters. The Balaban J connectivity index is 1.52. The zero-order chi connectivity index (χ0) is 22.7. The van der Waals surface area contributed by atoms with Gasteiger partial charge in [-0.2, -0.15) is 8.78 Å². The van der Waals surface area contributed by atoms with Gasteiger partial charge in [0.25, 0.3) is 0 Å². The maximum absolute atomic E-state index is 13.3. The van der Waals surface area contributed by atoms with Gasteiger partial charge >= 0.3 is 12.6 Å². The molecule has 1 heterocycles. The fourth-order valence-electron chi connectivity index (χ4n) is 4.78. The fraction of sp³-hybridized carbons (Fsp3) is 0.458. The van der Waals surface area contributed by atoms with Crippen LogP contribution in [0, 0.1) is 0 Å². The highest BCUT2D eigenvalue weighted by molar-refractivity contribution is 5.76. The molecule has 2 amide bonds. The summed E-state index contributed by atoms with van der Waals surface area (Å²) >= 11 is 0. The number of amides is 2. The first kappa shape index (κ1) is 22.2. The molecule has 172 valence electrons. The van der Waals surface area contributed by atoms with E-state index in [0.717, 1.165) is 60.3 Å². The van der Waals surface area contributed by atoms with Gasteiger partial charge in [-0.1, -0.05) is 6.07 Å². The van der Waals surface area contributed by atoms with Crippen LogP contribution in [0.4, 0.5) is 13.6 Å². The Kier molecular flexibility index (Phi) is 6.67. The summed E-state index contributed by atoms with van der Waals surface area (Å²) in [6, 6.07) is 10.2.